The van der Waals surface area contributed by atoms with Gasteiger partial charge in [0.2, 0.25) is 7.29 Å². The van der Waals surface area contributed by atoms with Crippen LogP contribution in [0.25, 0.3) is 0 Å². The number of aryl methyl sites for hydroxylation is 2. The Morgan fingerprint density at radius 3 is 1.60 bits per heavy atom. The second kappa shape index (κ2) is 6.79. The Kier molecular flexibility index (Phi) is 5.28. The molecule has 2 aromatic carbocycles. The molecule has 2 rings (SSSR count). The third-order valence-corrected chi connectivity index (χ3v) is 8.14. The molecule has 3 nitrogen and oxygen atoms in total. The van der Waals surface area contributed by atoms with Crippen LogP contribution in [0.2, 0.25) is 0 Å². The van der Waals surface area contributed by atoms with Crippen molar-refractivity contribution in [1.29, 1.82) is 5.26 Å². The Morgan fingerprint density at radius 1 is 0.880 bits per heavy atom. The van der Waals surface area contributed by atoms with Crippen molar-refractivity contribution in [2.24, 2.45) is 5.41 Å². The fourth-order valence-corrected chi connectivity index (χ4v) is 6.01. The summed E-state index contributed by atoms with van der Waals surface area (Å²) in [5.41, 5.74) is 0.571. The molecule has 0 saturated heterocycles. The van der Waals surface area contributed by atoms with Gasteiger partial charge in [-0.25, -0.2) is 5.09 Å². The van der Waals surface area contributed by atoms with Crippen LogP contribution in [0.4, 0.5) is 0 Å². The van der Waals surface area contributed by atoms with Gasteiger partial charge in [-0.2, -0.15) is 5.26 Å². The van der Waals surface area contributed by atoms with Gasteiger partial charge in [0, 0.05) is 10.6 Å². The van der Waals surface area contributed by atoms with Crippen molar-refractivity contribution >= 4 is 17.9 Å². The van der Waals surface area contributed by atoms with Gasteiger partial charge in [0.25, 0.3) is 0 Å². The monoisotopic (exact) mass is 354 g/mol. The molecule has 1 N–H and O–H groups in total. The van der Waals surface area contributed by atoms with E-state index in [0.29, 0.717) is 0 Å². The van der Waals surface area contributed by atoms with Gasteiger partial charge in [0.1, 0.15) is 5.54 Å². The van der Waals surface area contributed by atoms with Gasteiger partial charge >= 0.3 is 0 Å². The van der Waals surface area contributed by atoms with Crippen molar-refractivity contribution < 1.29 is 4.57 Å². The van der Waals surface area contributed by atoms with Crippen LogP contribution in [0.15, 0.2) is 48.5 Å². The number of nitrogens with zero attached hydrogens (tertiary/aromatic N) is 1. The Hall–Kier alpha value is -1.88. The van der Waals surface area contributed by atoms with E-state index in [0.717, 1.165) is 21.7 Å². The van der Waals surface area contributed by atoms with Crippen LogP contribution in [0.3, 0.4) is 0 Å². The Morgan fingerprint density at radius 2 is 1.28 bits per heavy atom. The molecule has 1 unspecified atom stereocenters. The van der Waals surface area contributed by atoms with Gasteiger partial charge in [0.05, 0.1) is 6.07 Å². The van der Waals surface area contributed by atoms with Gasteiger partial charge < -0.3 is 0 Å². The first-order chi connectivity index (χ1) is 11.5. The lowest BCUT2D eigenvalue weighted by atomic mass is 9.77. The Labute approximate surface area is 151 Å². The van der Waals surface area contributed by atoms with E-state index in [-0.39, 0.29) is 5.41 Å². The number of nitrogens with one attached hydrogen (secondary N) is 1. The van der Waals surface area contributed by atoms with Crippen molar-refractivity contribution in [3.05, 3.63) is 59.7 Å². The average molecular weight is 354 g/mol. The van der Waals surface area contributed by atoms with Crippen LogP contribution in [-0.4, -0.2) is 5.54 Å². The molecule has 25 heavy (non-hydrogen) atoms. The topological polar surface area (TPSA) is 52.9 Å². The van der Waals surface area contributed by atoms with E-state index in [1.807, 2.05) is 90.1 Å². The molecule has 0 aromatic heterocycles. The summed E-state index contributed by atoms with van der Waals surface area (Å²) in [6.07, 6.45) is 0. The highest BCUT2D eigenvalue weighted by atomic mass is 31.2. The van der Waals surface area contributed by atoms with E-state index in [2.05, 4.69) is 11.2 Å². The quantitative estimate of drug-likeness (QED) is 0.825. The van der Waals surface area contributed by atoms with Crippen molar-refractivity contribution in [1.82, 2.24) is 5.09 Å². The second-order valence-electron chi connectivity index (χ2n) is 7.78. The number of rotatable bonds is 4. The minimum Gasteiger partial charge on any atom is -0.296 e. The number of nitriles is 1. The Balaban J connectivity index is 2.76. The first kappa shape index (κ1) is 19.4. The zero-order valence-corrected chi connectivity index (χ0v) is 16.8. The lowest BCUT2D eigenvalue weighted by Crippen LogP contribution is -2.52. The van der Waals surface area contributed by atoms with Gasteiger partial charge in [-0.3, -0.25) is 4.57 Å². The molecule has 0 radical (unpaired) electrons. The maximum Gasteiger partial charge on any atom is 0.206 e. The minimum absolute atomic E-state index is 0.386. The van der Waals surface area contributed by atoms with Crippen LogP contribution in [0.1, 0.15) is 38.8 Å². The number of hydrogen-bond donors (Lipinski definition) is 1. The van der Waals surface area contributed by atoms with E-state index >= 15 is 0 Å². The molecule has 0 spiro atoms. The smallest absolute Gasteiger partial charge is 0.206 e. The molecule has 2 aromatic rings. The van der Waals surface area contributed by atoms with Crippen LogP contribution >= 0.6 is 7.29 Å². The standard InChI is InChI=1S/C21H27N2OP/c1-16-11-7-9-13-18(16)25(24,19-14-10-8-12-17(19)2)23-21(6,15-22)20(3,4)5/h7-14H,1-6H3,(H,23,24). The number of hydrogen-bond acceptors (Lipinski definition) is 2. The highest BCUT2D eigenvalue weighted by Gasteiger charge is 2.44. The van der Waals surface area contributed by atoms with Gasteiger partial charge in [-0.1, -0.05) is 57.2 Å². The molecule has 0 bridgehead atoms. The van der Waals surface area contributed by atoms with Gasteiger partial charge in [-0.15, -0.1) is 0 Å². The van der Waals surface area contributed by atoms with E-state index < -0.39 is 12.8 Å². The summed E-state index contributed by atoms with van der Waals surface area (Å²) in [5, 5.41) is 14.7. The normalized spacial score (nSPS) is 14.6. The first-order valence-corrected chi connectivity index (χ1v) is 10.2. The Bertz CT molecular complexity index is 811. The molecule has 0 saturated carbocycles. The van der Waals surface area contributed by atoms with Crippen LogP contribution < -0.4 is 15.7 Å². The maximum atomic E-state index is 14.4. The molecule has 4 heteroatoms. The lowest BCUT2D eigenvalue weighted by Gasteiger charge is -2.40. The average Bonchev–Trinajstić information content (AvgIpc) is 2.54. The van der Waals surface area contributed by atoms with Gasteiger partial charge in [0.15, 0.2) is 0 Å². The summed E-state index contributed by atoms with van der Waals surface area (Å²) in [7, 11) is -3.21. The predicted molar refractivity (Wildman–Crippen MR) is 106 cm³/mol. The fourth-order valence-electron chi connectivity index (χ4n) is 2.76. The van der Waals surface area contributed by atoms with Crippen LogP contribution in [0.5, 0.6) is 0 Å². The largest absolute Gasteiger partial charge is 0.296 e. The summed E-state index contributed by atoms with van der Waals surface area (Å²) < 4.78 is 14.4. The second-order valence-corrected chi connectivity index (χ2v) is 10.2. The maximum absolute atomic E-state index is 14.4. The summed E-state index contributed by atoms with van der Waals surface area (Å²) in [6.45, 7) is 11.7. The molecular formula is C21H27N2OP. The van der Waals surface area contributed by atoms with Crippen LogP contribution in [0, 0.1) is 30.6 Å². The van der Waals surface area contributed by atoms with E-state index in [1.54, 1.807) is 0 Å². The van der Waals surface area contributed by atoms with Crippen molar-refractivity contribution in [3.8, 4) is 6.07 Å². The fraction of sp³-hybridized carbons (Fsp3) is 0.381. The van der Waals surface area contributed by atoms with E-state index in [9.17, 15) is 9.83 Å². The first-order valence-electron chi connectivity index (χ1n) is 8.48. The molecule has 132 valence electrons. The van der Waals surface area contributed by atoms with Crippen LogP contribution in [-0.2, 0) is 4.57 Å². The SMILES string of the molecule is Cc1ccccc1P(=O)(NC(C)(C#N)C(C)(C)C)c1ccccc1C. The lowest BCUT2D eigenvalue weighted by molar-refractivity contribution is 0.248. The zero-order valence-electron chi connectivity index (χ0n) is 15.9. The molecule has 0 aliphatic carbocycles. The van der Waals surface area contributed by atoms with Crippen molar-refractivity contribution in [2.75, 3.05) is 0 Å². The van der Waals surface area contributed by atoms with E-state index in [4.69, 9.17) is 0 Å². The summed E-state index contributed by atoms with van der Waals surface area (Å²) in [5.74, 6) is 0. The highest BCUT2D eigenvalue weighted by Crippen LogP contribution is 2.46. The predicted octanol–water partition coefficient (Wildman–Crippen LogP) is 4.45. The molecule has 0 heterocycles. The third kappa shape index (κ3) is 3.56. The summed E-state index contributed by atoms with van der Waals surface area (Å²) >= 11 is 0. The minimum atomic E-state index is -3.21. The zero-order chi connectivity index (χ0) is 18.9. The van der Waals surface area contributed by atoms with Crippen molar-refractivity contribution in [2.45, 2.75) is 47.1 Å². The van der Waals surface area contributed by atoms with Gasteiger partial charge in [-0.05, 0) is 49.4 Å². The molecule has 1 atom stereocenters. The van der Waals surface area contributed by atoms with Crippen molar-refractivity contribution in [3.63, 3.8) is 0 Å². The molecule has 0 amide bonds. The third-order valence-electron chi connectivity index (χ3n) is 5.01. The molecule has 0 aliphatic heterocycles. The van der Waals surface area contributed by atoms with E-state index in [1.165, 1.54) is 0 Å². The molecule has 0 aliphatic rings. The highest BCUT2D eigenvalue weighted by molar-refractivity contribution is 7.77. The molecule has 0 fully saturated rings. The summed E-state index contributed by atoms with van der Waals surface area (Å²) in [4.78, 5) is 0. The molecular weight excluding hydrogens is 327 g/mol. The summed E-state index contributed by atoms with van der Waals surface area (Å²) in [6, 6.07) is 17.8. The number of benzene rings is 2.